The lowest BCUT2D eigenvalue weighted by Crippen LogP contribution is -2.38. The van der Waals surface area contributed by atoms with Crippen molar-refractivity contribution < 1.29 is 22.4 Å². The first-order chi connectivity index (χ1) is 9.07. The first kappa shape index (κ1) is 16.5. The molecule has 6 heteroatoms. The maximum Gasteiger partial charge on any atom is 0.419 e. The molecule has 2 nitrogen and oxygen atoms in total. The topological polar surface area (TPSA) is 20.3 Å². The third-order valence-corrected chi connectivity index (χ3v) is 3.43. The summed E-state index contributed by atoms with van der Waals surface area (Å²) in [5.41, 5.74) is -1.98. The largest absolute Gasteiger partial charge is 0.419 e. The van der Waals surface area contributed by atoms with Gasteiger partial charge in [0, 0.05) is 13.1 Å². The normalized spacial score (nSPS) is 13.4. The van der Waals surface area contributed by atoms with Gasteiger partial charge in [0.1, 0.15) is 5.82 Å². The second-order valence-corrected chi connectivity index (χ2v) is 5.07. The number of nitrogens with zero attached hydrogens (tertiary/aromatic N) is 1. The van der Waals surface area contributed by atoms with E-state index in [1.807, 2.05) is 13.8 Å². The van der Waals surface area contributed by atoms with Crippen molar-refractivity contribution in [3.63, 3.8) is 0 Å². The van der Waals surface area contributed by atoms with Crippen molar-refractivity contribution >= 4 is 5.91 Å². The fourth-order valence-electron chi connectivity index (χ4n) is 1.74. The summed E-state index contributed by atoms with van der Waals surface area (Å²) >= 11 is 0. The van der Waals surface area contributed by atoms with Gasteiger partial charge in [-0.1, -0.05) is 19.9 Å². The molecule has 0 N–H and O–H groups in total. The third-order valence-electron chi connectivity index (χ3n) is 3.43. The number of hydrogen-bond acceptors (Lipinski definition) is 1. The standard InChI is InChI=1S/C14H17F4NO/c1-8(2)9(3)19(4)13(20)10-6-5-7-11(12(10)15)14(16,17)18/h5-9H,1-4H3. The summed E-state index contributed by atoms with van der Waals surface area (Å²) in [6.45, 7) is 5.50. The molecule has 0 aliphatic rings. The second-order valence-electron chi connectivity index (χ2n) is 5.07. The molecule has 0 radical (unpaired) electrons. The molecule has 112 valence electrons. The highest BCUT2D eigenvalue weighted by Crippen LogP contribution is 2.32. The van der Waals surface area contributed by atoms with E-state index in [1.54, 1.807) is 6.92 Å². The van der Waals surface area contributed by atoms with E-state index in [9.17, 15) is 22.4 Å². The van der Waals surface area contributed by atoms with Crippen LogP contribution in [0.2, 0.25) is 0 Å². The molecular formula is C14H17F4NO. The van der Waals surface area contributed by atoms with Crippen LogP contribution in [0.5, 0.6) is 0 Å². The quantitative estimate of drug-likeness (QED) is 0.772. The Balaban J connectivity index is 3.18. The summed E-state index contributed by atoms with van der Waals surface area (Å²) in [7, 11) is 1.45. The van der Waals surface area contributed by atoms with Gasteiger partial charge >= 0.3 is 6.18 Å². The Kier molecular flexibility index (Phi) is 4.78. The van der Waals surface area contributed by atoms with Crippen molar-refractivity contribution in [2.75, 3.05) is 7.05 Å². The van der Waals surface area contributed by atoms with Crippen LogP contribution in [0.1, 0.15) is 36.7 Å². The zero-order chi connectivity index (χ0) is 15.7. The fraction of sp³-hybridized carbons (Fsp3) is 0.500. The highest BCUT2D eigenvalue weighted by Gasteiger charge is 2.36. The number of carbonyl (C=O) groups is 1. The van der Waals surface area contributed by atoms with Crippen LogP contribution >= 0.6 is 0 Å². The maximum absolute atomic E-state index is 13.9. The summed E-state index contributed by atoms with van der Waals surface area (Å²) in [5, 5.41) is 0. The molecular weight excluding hydrogens is 274 g/mol. The van der Waals surface area contributed by atoms with Gasteiger partial charge in [-0.15, -0.1) is 0 Å². The van der Waals surface area contributed by atoms with Gasteiger partial charge in [-0.3, -0.25) is 4.79 Å². The van der Waals surface area contributed by atoms with Gasteiger partial charge in [-0.25, -0.2) is 4.39 Å². The van der Waals surface area contributed by atoms with E-state index < -0.39 is 29.0 Å². The molecule has 20 heavy (non-hydrogen) atoms. The minimum atomic E-state index is -4.82. The highest BCUT2D eigenvalue weighted by molar-refractivity contribution is 5.94. The summed E-state index contributed by atoms with van der Waals surface area (Å²) in [5.74, 6) is -2.17. The third kappa shape index (κ3) is 3.29. The first-order valence-electron chi connectivity index (χ1n) is 6.20. The van der Waals surface area contributed by atoms with E-state index in [4.69, 9.17) is 0 Å². The number of benzene rings is 1. The van der Waals surface area contributed by atoms with Crippen LogP contribution in [0.15, 0.2) is 18.2 Å². The smallest absolute Gasteiger partial charge is 0.339 e. The van der Waals surface area contributed by atoms with Gasteiger partial charge in [-0.05, 0) is 25.0 Å². The fourth-order valence-corrected chi connectivity index (χ4v) is 1.74. The Morgan fingerprint density at radius 2 is 1.75 bits per heavy atom. The minimum absolute atomic E-state index is 0.109. The Hall–Kier alpha value is -1.59. The summed E-state index contributed by atoms with van der Waals surface area (Å²) in [4.78, 5) is 13.4. The van der Waals surface area contributed by atoms with Crippen LogP contribution in [0.4, 0.5) is 17.6 Å². The SMILES string of the molecule is CC(C)C(C)N(C)C(=O)c1cccc(C(F)(F)F)c1F. The van der Waals surface area contributed by atoms with Crippen LogP contribution in [0.25, 0.3) is 0 Å². The van der Waals surface area contributed by atoms with E-state index in [2.05, 4.69) is 0 Å². The molecule has 0 bridgehead atoms. The molecule has 0 aliphatic carbocycles. The summed E-state index contributed by atoms with van der Waals surface area (Å²) in [6.07, 6.45) is -4.82. The maximum atomic E-state index is 13.9. The molecule has 0 aromatic heterocycles. The lowest BCUT2D eigenvalue weighted by Gasteiger charge is -2.28. The average Bonchev–Trinajstić information content (AvgIpc) is 2.34. The van der Waals surface area contributed by atoms with E-state index in [-0.39, 0.29) is 12.0 Å². The van der Waals surface area contributed by atoms with Gasteiger partial charge in [0.05, 0.1) is 11.1 Å². The molecule has 1 rings (SSSR count). The number of alkyl halides is 3. The first-order valence-corrected chi connectivity index (χ1v) is 6.20. The highest BCUT2D eigenvalue weighted by atomic mass is 19.4. The van der Waals surface area contributed by atoms with Crippen LogP contribution in [-0.2, 0) is 6.18 Å². The van der Waals surface area contributed by atoms with Gasteiger partial charge in [0.2, 0.25) is 0 Å². The van der Waals surface area contributed by atoms with Crippen molar-refractivity contribution in [2.24, 2.45) is 5.92 Å². The number of hydrogen-bond donors (Lipinski definition) is 0. The number of halogens is 4. The Morgan fingerprint density at radius 1 is 1.20 bits per heavy atom. The Morgan fingerprint density at radius 3 is 2.20 bits per heavy atom. The van der Waals surface area contributed by atoms with Gasteiger partial charge in [0.15, 0.2) is 0 Å². The molecule has 0 aliphatic heterocycles. The van der Waals surface area contributed by atoms with Crippen LogP contribution in [0.3, 0.4) is 0 Å². The van der Waals surface area contributed by atoms with Crippen molar-refractivity contribution in [1.29, 1.82) is 0 Å². The predicted octanol–water partition coefficient (Wildman–Crippen LogP) is 3.96. The van der Waals surface area contributed by atoms with Gasteiger partial charge < -0.3 is 4.90 Å². The number of amides is 1. The Bertz CT molecular complexity index is 496. The van der Waals surface area contributed by atoms with Crippen molar-refractivity contribution in [1.82, 2.24) is 4.90 Å². The van der Waals surface area contributed by atoms with Gasteiger partial charge in [0.25, 0.3) is 5.91 Å². The van der Waals surface area contributed by atoms with Crippen molar-refractivity contribution in [2.45, 2.75) is 33.0 Å². The molecule has 0 saturated heterocycles. The van der Waals surface area contributed by atoms with Crippen LogP contribution in [0, 0.1) is 11.7 Å². The molecule has 1 amide bonds. The average molecular weight is 291 g/mol. The van der Waals surface area contributed by atoms with Gasteiger partial charge in [-0.2, -0.15) is 13.2 Å². The molecule has 1 aromatic carbocycles. The van der Waals surface area contributed by atoms with E-state index >= 15 is 0 Å². The van der Waals surface area contributed by atoms with E-state index in [0.29, 0.717) is 6.07 Å². The van der Waals surface area contributed by atoms with Crippen LogP contribution in [-0.4, -0.2) is 23.9 Å². The number of rotatable bonds is 3. The molecule has 0 fully saturated rings. The summed E-state index contributed by atoms with van der Waals surface area (Å²) < 4.78 is 51.7. The molecule has 1 unspecified atom stereocenters. The molecule has 0 spiro atoms. The lowest BCUT2D eigenvalue weighted by molar-refractivity contribution is -0.140. The number of carbonyl (C=O) groups excluding carboxylic acids is 1. The molecule has 1 aromatic rings. The lowest BCUT2D eigenvalue weighted by atomic mass is 10.0. The molecule has 0 saturated carbocycles. The molecule has 1 atom stereocenters. The summed E-state index contributed by atoms with van der Waals surface area (Å²) in [6, 6.07) is 2.51. The van der Waals surface area contributed by atoms with Crippen molar-refractivity contribution in [3.8, 4) is 0 Å². The zero-order valence-electron chi connectivity index (χ0n) is 11.8. The monoisotopic (exact) mass is 291 g/mol. The van der Waals surface area contributed by atoms with E-state index in [1.165, 1.54) is 11.9 Å². The predicted molar refractivity (Wildman–Crippen MR) is 67.8 cm³/mol. The minimum Gasteiger partial charge on any atom is -0.339 e. The zero-order valence-corrected chi connectivity index (χ0v) is 11.8. The Labute approximate surface area is 115 Å². The molecule has 0 heterocycles. The van der Waals surface area contributed by atoms with Crippen LogP contribution < -0.4 is 0 Å². The van der Waals surface area contributed by atoms with E-state index in [0.717, 1.165) is 12.1 Å². The second kappa shape index (κ2) is 5.81. The van der Waals surface area contributed by atoms with Crippen molar-refractivity contribution in [3.05, 3.63) is 35.1 Å².